The molecule has 7 nitrogen and oxygen atoms in total. The molecule has 0 amide bonds. The lowest BCUT2D eigenvalue weighted by Crippen LogP contribution is -2.27. The zero-order valence-corrected chi connectivity index (χ0v) is 12.9. The van der Waals surface area contributed by atoms with Crippen LogP contribution in [-0.2, 0) is 23.0 Å². The molecular weight excluding hydrogens is 312 g/mol. The van der Waals surface area contributed by atoms with E-state index in [1.165, 1.54) is 30.5 Å². The molecule has 3 rings (SSSR count). The summed E-state index contributed by atoms with van der Waals surface area (Å²) in [6.07, 6.45) is 4.02. The summed E-state index contributed by atoms with van der Waals surface area (Å²) >= 11 is 1.45. The Morgan fingerprint density at radius 1 is 1.43 bits per heavy atom. The van der Waals surface area contributed by atoms with Gasteiger partial charge in [0.25, 0.3) is 0 Å². The first-order valence-electron chi connectivity index (χ1n) is 6.70. The predicted octanol–water partition coefficient (Wildman–Crippen LogP) is 0.904. The summed E-state index contributed by atoms with van der Waals surface area (Å²) in [6.45, 7) is 0.831. The smallest absolute Gasteiger partial charge is 0.241 e. The van der Waals surface area contributed by atoms with Crippen LogP contribution in [0.2, 0.25) is 0 Å². The Kier molecular flexibility index (Phi) is 4.34. The van der Waals surface area contributed by atoms with Crippen molar-refractivity contribution in [3.05, 3.63) is 28.5 Å². The van der Waals surface area contributed by atoms with Crippen molar-refractivity contribution >= 4 is 21.4 Å². The largest absolute Gasteiger partial charge is 0.340 e. The Bertz CT molecular complexity index is 677. The second kappa shape index (κ2) is 6.22. The van der Waals surface area contributed by atoms with Crippen LogP contribution in [0, 0.1) is 0 Å². The van der Waals surface area contributed by atoms with Crippen molar-refractivity contribution in [3.8, 4) is 0 Å². The normalized spacial score (nSPS) is 15.4. The first kappa shape index (κ1) is 14.6. The van der Waals surface area contributed by atoms with Crippen LogP contribution in [0.5, 0.6) is 0 Å². The first-order valence-corrected chi connectivity index (χ1v) is 9.06. The van der Waals surface area contributed by atoms with Crippen LogP contribution in [0.15, 0.2) is 27.2 Å². The second-order valence-electron chi connectivity index (χ2n) is 4.85. The molecular formula is C12H16N4O3S2. The zero-order chi connectivity index (χ0) is 14.7. The lowest BCUT2D eigenvalue weighted by atomic mass is 10.4. The van der Waals surface area contributed by atoms with Crippen molar-refractivity contribution in [2.24, 2.45) is 0 Å². The Morgan fingerprint density at radius 3 is 3.00 bits per heavy atom. The van der Waals surface area contributed by atoms with E-state index in [1.807, 2.05) is 0 Å². The Morgan fingerprint density at radius 2 is 2.29 bits per heavy atom. The van der Waals surface area contributed by atoms with Gasteiger partial charge in [0.1, 0.15) is 0 Å². The van der Waals surface area contributed by atoms with E-state index in [2.05, 4.69) is 20.2 Å². The number of thiophene rings is 1. The molecule has 0 unspecified atom stereocenters. The van der Waals surface area contributed by atoms with Crippen LogP contribution >= 0.6 is 11.3 Å². The highest BCUT2D eigenvalue weighted by Gasteiger charge is 2.23. The molecule has 2 heterocycles. The van der Waals surface area contributed by atoms with Crippen LogP contribution in [-0.4, -0.2) is 31.1 Å². The maximum atomic E-state index is 12.3. The topological polar surface area (TPSA) is 97.1 Å². The molecule has 0 atom stereocenters. The summed E-state index contributed by atoms with van der Waals surface area (Å²) in [6, 6.07) is 2.19. The SMILES string of the molecule is O=S(=O)(NCCc1ncno1)c1ccsc1CNC1CC1. The van der Waals surface area contributed by atoms with Crippen LogP contribution in [0.1, 0.15) is 23.6 Å². The van der Waals surface area contributed by atoms with E-state index in [0.717, 1.165) is 4.88 Å². The number of hydrogen-bond acceptors (Lipinski definition) is 7. The summed E-state index contributed by atoms with van der Waals surface area (Å²) < 4.78 is 32.0. The van der Waals surface area contributed by atoms with E-state index >= 15 is 0 Å². The minimum atomic E-state index is -3.50. The van der Waals surface area contributed by atoms with Crippen LogP contribution < -0.4 is 10.0 Å². The van der Waals surface area contributed by atoms with Gasteiger partial charge < -0.3 is 9.84 Å². The average molecular weight is 328 g/mol. The summed E-state index contributed by atoms with van der Waals surface area (Å²) in [5, 5.41) is 8.62. The van der Waals surface area contributed by atoms with Crippen molar-refractivity contribution in [2.75, 3.05) is 6.54 Å². The van der Waals surface area contributed by atoms with Gasteiger partial charge >= 0.3 is 0 Å². The van der Waals surface area contributed by atoms with Gasteiger partial charge in [-0.25, -0.2) is 13.1 Å². The van der Waals surface area contributed by atoms with Crippen LogP contribution in [0.3, 0.4) is 0 Å². The third-order valence-electron chi connectivity index (χ3n) is 3.16. The first-order chi connectivity index (χ1) is 10.1. The van der Waals surface area contributed by atoms with Gasteiger partial charge in [-0.05, 0) is 24.3 Å². The fourth-order valence-electron chi connectivity index (χ4n) is 1.90. The van der Waals surface area contributed by atoms with Gasteiger partial charge in [-0.1, -0.05) is 5.16 Å². The molecule has 1 aliphatic rings. The van der Waals surface area contributed by atoms with Gasteiger partial charge in [0, 0.05) is 30.4 Å². The Hall–Kier alpha value is -1.29. The molecule has 2 aromatic heterocycles. The predicted molar refractivity (Wildman–Crippen MR) is 77.4 cm³/mol. The molecule has 0 aromatic carbocycles. The number of nitrogens with zero attached hydrogens (tertiary/aromatic N) is 2. The number of aromatic nitrogens is 2. The van der Waals surface area contributed by atoms with E-state index in [0.29, 0.717) is 29.8 Å². The molecule has 2 N–H and O–H groups in total. The van der Waals surface area contributed by atoms with E-state index in [1.54, 1.807) is 11.4 Å². The van der Waals surface area contributed by atoms with E-state index < -0.39 is 10.0 Å². The summed E-state index contributed by atoms with van der Waals surface area (Å²) in [4.78, 5) is 5.04. The van der Waals surface area contributed by atoms with Crippen LogP contribution in [0.4, 0.5) is 0 Å². The van der Waals surface area contributed by atoms with Gasteiger partial charge in [0.2, 0.25) is 15.9 Å². The third-order valence-corrected chi connectivity index (χ3v) is 5.76. The number of rotatable bonds is 8. The van der Waals surface area contributed by atoms with E-state index in [4.69, 9.17) is 4.52 Å². The highest BCUT2D eigenvalue weighted by molar-refractivity contribution is 7.89. The molecule has 0 bridgehead atoms. The maximum absolute atomic E-state index is 12.3. The number of sulfonamides is 1. The minimum Gasteiger partial charge on any atom is -0.340 e. The quantitative estimate of drug-likeness (QED) is 0.747. The molecule has 0 saturated heterocycles. The monoisotopic (exact) mass is 328 g/mol. The molecule has 0 radical (unpaired) electrons. The molecule has 1 fully saturated rings. The molecule has 9 heteroatoms. The van der Waals surface area contributed by atoms with Crippen molar-refractivity contribution in [2.45, 2.75) is 36.7 Å². The Balaban J connectivity index is 1.59. The minimum absolute atomic E-state index is 0.232. The molecule has 0 spiro atoms. The van der Waals surface area contributed by atoms with Gasteiger partial charge in [-0.15, -0.1) is 11.3 Å². The van der Waals surface area contributed by atoms with Gasteiger partial charge in [0.05, 0.1) is 4.90 Å². The van der Waals surface area contributed by atoms with Gasteiger partial charge in [0.15, 0.2) is 6.33 Å². The lowest BCUT2D eigenvalue weighted by Gasteiger charge is -2.07. The van der Waals surface area contributed by atoms with E-state index in [9.17, 15) is 8.42 Å². The van der Waals surface area contributed by atoms with Crippen molar-refractivity contribution in [1.82, 2.24) is 20.2 Å². The fourth-order valence-corrected chi connectivity index (χ4v) is 4.32. The zero-order valence-electron chi connectivity index (χ0n) is 11.3. The molecule has 0 aliphatic heterocycles. The average Bonchev–Trinajstić information content (AvgIpc) is 2.93. The molecule has 114 valence electrons. The maximum Gasteiger partial charge on any atom is 0.241 e. The van der Waals surface area contributed by atoms with Gasteiger partial charge in [-0.3, -0.25) is 0 Å². The van der Waals surface area contributed by atoms with E-state index in [-0.39, 0.29) is 6.54 Å². The lowest BCUT2D eigenvalue weighted by molar-refractivity contribution is 0.377. The van der Waals surface area contributed by atoms with Crippen LogP contribution in [0.25, 0.3) is 0 Å². The van der Waals surface area contributed by atoms with Crippen molar-refractivity contribution in [1.29, 1.82) is 0 Å². The third kappa shape index (κ3) is 3.88. The standard InChI is InChI=1S/C12H16N4O3S2/c17-21(18,16-5-3-12-14-8-15-19-12)11-4-6-20-10(11)7-13-9-1-2-9/h4,6,8-9,13,16H,1-3,5,7H2. The summed E-state index contributed by atoms with van der Waals surface area (Å²) in [5.41, 5.74) is 0. The summed E-state index contributed by atoms with van der Waals surface area (Å²) in [5.74, 6) is 0.415. The second-order valence-corrected chi connectivity index (χ2v) is 7.58. The molecule has 1 saturated carbocycles. The van der Waals surface area contributed by atoms with Crippen molar-refractivity contribution in [3.63, 3.8) is 0 Å². The summed E-state index contributed by atoms with van der Waals surface area (Å²) in [7, 11) is -3.50. The highest BCUT2D eigenvalue weighted by atomic mass is 32.2. The molecule has 1 aliphatic carbocycles. The van der Waals surface area contributed by atoms with Gasteiger partial charge in [-0.2, -0.15) is 4.98 Å². The Labute approximate surface area is 126 Å². The van der Waals surface area contributed by atoms with Crippen molar-refractivity contribution < 1.29 is 12.9 Å². The number of hydrogen-bond donors (Lipinski definition) is 2. The molecule has 21 heavy (non-hydrogen) atoms. The number of nitrogens with one attached hydrogen (secondary N) is 2. The fraction of sp³-hybridized carbons (Fsp3) is 0.500. The molecule has 2 aromatic rings. The highest BCUT2D eigenvalue weighted by Crippen LogP contribution is 2.24.